The van der Waals surface area contributed by atoms with Gasteiger partial charge in [0.25, 0.3) is 0 Å². The summed E-state index contributed by atoms with van der Waals surface area (Å²) in [6, 6.07) is 11.0. The zero-order chi connectivity index (χ0) is 14.9. The lowest BCUT2D eigenvalue weighted by molar-refractivity contribution is -0.660. The lowest BCUT2D eigenvalue weighted by Crippen LogP contribution is -2.34. The van der Waals surface area contributed by atoms with Crippen LogP contribution in [0.25, 0.3) is 11.3 Å². The highest BCUT2D eigenvalue weighted by Gasteiger charge is 2.61. The van der Waals surface area contributed by atoms with Crippen molar-refractivity contribution in [1.29, 1.82) is 0 Å². The third-order valence-electron chi connectivity index (χ3n) is 5.89. The maximum atomic E-state index is 6.61. The molecule has 2 heteroatoms. The van der Waals surface area contributed by atoms with Crippen LogP contribution in [0.2, 0.25) is 0 Å². The summed E-state index contributed by atoms with van der Waals surface area (Å²) in [6.45, 7) is 2.21. The van der Waals surface area contributed by atoms with E-state index in [0.29, 0.717) is 5.41 Å². The molecule has 5 rings (SSSR count). The van der Waals surface area contributed by atoms with Gasteiger partial charge >= 0.3 is 0 Å². The molecule has 0 radical (unpaired) electrons. The molecular formula is C20H22NO+. The SMILES string of the molecule is Cc1ccc2c(c1-c1cccc[n+]1C)OC1(CC1)CC21CC1. The molecule has 0 unspecified atom stereocenters. The van der Waals surface area contributed by atoms with Crippen molar-refractivity contribution in [3.8, 4) is 17.0 Å². The average molecular weight is 292 g/mol. The largest absolute Gasteiger partial charge is 0.486 e. The molecule has 2 nitrogen and oxygen atoms in total. The van der Waals surface area contributed by atoms with Gasteiger partial charge < -0.3 is 4.74 Å². The van der Waals surface area contributed by atoms with E-state index in [1.807, 2.05) is 0 Å². The van der Waals surface area contributed by atoms with Crippen molar-refractivity contribution in [3.05, 3.63) is 47.7 Å². The summed E-state index contributed by atoms with van der Waals surface area (Å²) in [5, 5.41) is 0. The summed E-state index contributed by atoms with van der Waals surface area (Å²) in [6.07, 6.45) is 8.53. The minimum atomic E-state index is 0.166. The number of nitrogens with zero attached hydrogens (tertiary/aromatic N) is 1. The standard InChI is InChI=1S/C20H22NO/c1-14-6-7-15-18(17(14)16-5-3-4-12-21(16)2)22-20(10-11-20)13-19(15)8-9-19/h3-7,12H,8-11,13H2,1-2H3/q+1. The molecule has 0 saturated heterocycles. The molecule has 0 amide bonds. The Bertz CT molecular complexity index is 784. The van der Waals surface area contributed by atoms with Crippen LogP contribution < -0.4 is 9.30 Å². The fourth-order valence-electron chi connectivity index (χ4n) is 4.29. The van der Waals surface area contributed by atoms with Crippen molar-refractivity contribution in [3.63, 3.8) is 0 Å². The van der Waals surface area contributed by atoms with Gasteiger partial charge in [0.1, 0.15) is 18.4 Å². The molecule has 2 spiro atoms. The van der Waals surface area contributed by atoms with Gasteiger partial charge in [-0.1, -0.05) is 12.1 Å². The molecule has 112 valence electrons. The average Bonchev–Trinajstić information content (AvgIpc) is 3.41. The number of pyridine rings is 1. The molecule has 2 aromatic rings. The van der Waals surface area contributed by atoms with Crippen molar-refractivity contribution in [2.45, 2.75) is 50.0 Å². The Labute approximate surface area is 131 Å². The van der Waals surface area contributed by atoms with Crippen LogP contribution in [-0.2, 0) is 12.5 Å². The molecule has 1 aliphatic heterocycles. The molecule has 2 saturated carbocycles. The summed E-state index contributed by atoms with van der Waals surface area (Å²) in [5.41, 5.74) is 5.94. The van der Waals surface area contributed by atoms with E-state index < -0.39 is 0 Å². The summed E-state index contributed by atoms with van der Waals surface area (Å²) in [5.74, 6) is 1.18. The van der Waals surface area contributed by atoms with E-state index in [9.17, 15) is 0 Å². The van der Waals surface area contributed by atoms with Gasteiger partial charge in [0.2, 0.25) is 5.69 Å². The summed E-state index contributed by atoms with van der Waals surface area (Å²) < 4.78 is 8.82. The van der Waals surface area contributed by atoms with E-state index in [1.165, 1.54) is 60.2 Å². The molecule has 0 N–H and O–H groups in total. The predicted molar refractivity (Wildman–Crippen MR) is 85.9 cm³/mol. The molecule has 2 aliphatic carbocycles. The monoisotopic (exact) mass is 292 g/mol. The van der Waals surface area contributed by atoms with Crippen LogP contribution in [0.3, 0.4) is 0 Å². The molecule has 2 heterocycles. The topological polar surface area (TPSA) is 13.1 Å². The third kappa shape index (κ3) is 1.64. The number of benzene rings is 1. The van der Waals surface area contributed by atoms with Crippen LogP contribution in [0, 0.1) is 6.92 Å². The number of aromatic nitrogens is 1. The van der Waals surface area contributed by atoms with Crippen molar-refractivity contribution in [2.75, 3.05) is 0 Å². The first kappa shape index (κ1) is 12.7. The van der Waals surface area contributed by atoms with Crippen LogP contribution in [0.1, 0.15) is 43.2 Å². The molecule has 1 aromatic heterocycles. The second kappa shape index (κ2) is 3.92. The Morgan fingerprint density at radius 2 is 1.86 bits per heavy atom. The Hall–Kier alpha value is -1.83. The van der Waals surface area contributed by atoms with E-state index in [0.717, 1.165) is 0 Å². The van der Waals surface area contributed by atoms with E-state index >= 15 is 0 Å². The zero-order valence-electron chi connectivity index (χ0n) is 13.4. The van der Waals surface area contributed by atoms with Crippen LogP contribution >= 0.6 is 0 Å². The van der Waals surface area contributed by atoms with Gasteiger partial charge in [0.05, 0.1) is 5.56 Å². The number of fused-ring (bicyclic) bond motifs is 2. The second-order valence-electron chi connectivity index (χ2n) is 7.57. The highest BCUT2D eigenvalue weighted by Crippen LogP contribution is 2.65. The van der Waals surface area contributed by atoms with E-state index in [2.05, 4.69) is 55.1 Å². The van der Waals surface area contributed by atoms with Gasteiger partial charge in [0, 0.05) is 23.1 Å². The van der Waals surface area contributed by atoms with Gasteiger partial charge in [-0.05, 0) is 50.7 Å². The maximum Gasteiger partial charge on any atom is 0.216 e. The van der Waals surface area contributed by atoms with E-state index in [-0.39, 0.29) is 5.60 Å². The summed E-state index contributed by atoms with van der Waals surface area (Å²) in [4.78, 5) is 0. The lowest BCUT2D eigenvalue weighted by Gasteiger charge is -2.34. The van der Waals surface area contributed by atoms with E-state index in [4.69, 9.17) is 4.74 Å². The van der Waals surface area contributed by atoms with E-state index in [1.54, 1.807) is 0 Å². The molecule has 22 heavy (non-hydrogen) atoms. The Balaban J connectivity index is 1.78. The number of aryl methyl sites for hydroxylation is 2. The minimum absolute atomic E-state index is 0.166. The molecule has 1 aromatic carbocycles. The number of hydrogen-bond acceptors (Lipinski definition) is 1. The van der Waals surface area contributed by atoms with Crippen molar-refractivity contribution < 1.29 is 9.30 Å². The third-order valence-corrected chi connectivity index (χ3v) is 5.89. The van der Waals surface area contributed by atoms with Gasteiger partial charge in [-0.15, -0.1) is 0 Å². The second-order valence-corrected chi connectivity index (χ2v) is 7.57. The normalized spacial score (nSPS) is 22.3. The Morgan fingerprint density at radius 1 is 1.05 bits per heavy atom. The smallest absolute Gasteiger partial charge is 0.216 e. The van der Waals surface area contributed by atoms with Crippen LogP contribution in [0.5, 0.6) is 5.75 Å². The van der Waals surface area contributed by atoms with Crippen LogP contribution in [-0.4, -0.2) is 5.60 Å². The highest BCUT2D eigenvalue weighted by molar-refractivity contribution is 5.73. The van der Waals surface area contributed by atoms with Gasteiger partial charge in [0.15, 0.2) is 6.20 Å². The fraction of sp³-hybridized carbons (Fsp3) is 0.450. The Morgan fingerprint density at radius 3 is 2.55 bits per heavy atom. The first-order chi connectivity index (χ1) is 10.6. The Kier molecular flexibility index (Phi) is 2.26. The quantitative estimate of drug-likeness (QED) is 0.728. The molecule has 0 atom stereocenters. The van der Waals surface area contributed by atoms with Crippen LogP contribution in [0.15, 0.2) is 36.5 Å². The van der Waals surface area contributed by atoms with Gasteiger partial charge in [-0.2, -0.15) is 0 Å². The number of ether oxygens (including phenoxy) is 1. The van der Waals surface area contributed by atoms with Crippen molar-refractivity contribution >= 4 is 0 Å². The lowest BCUT2D eigenvalue weighted by atomic mass is 9.83. The molecule has 2 fully saturated rings. The highest BCUT2D eigenvalue weighted by atomic mass is 16.5. The van der Waals surface area contributed by atoms with Crippen molar-refractivity contribution in [2.24, 2.45) is 7.05 Å². The minimum Gasteiger partial charge on any atom is -0.486 e. The molecular weight excluding hydrogens is 270 g/mol. The zero-order valence-corrected chi connectivity index (χ0v) is 13.4. The molecule has 0 bridgehead atoms. The van der Waals surface area contributed by atoms with Gasteiger partial charge in [-0.25, -0.2) is 4.57 Å². The fourth-order valence-corrected chi connectivity index (χ4v) is 4.29. The summed E-state index contributed by atoms with van der Waals surface area (Å²) in [7, 11) is 2.12. The van der Waals surface area contributed by atoms with Gasteiger partial charge in [-0.3, -0.25) is 0 Å². The first-order valence-corrected chi connectivity index (χ1v) is 8.41. The maximum absolute atomic E-state index is 6.61. The predicted octanol–water partition coefficient (Wildman–Crippen LogP) is 3.83. The number of hydrogen-bond donors (Lipinski definition) is 0. The first-order valence-electron chi connectivity index (χ1n) is 8.41. The van der Waals surface area contributed by atoms with Crippen molar-refractivity contribution in [1.82, 2.24) is 0 Å². The molecule has 3 aliphatic rings. The van der Waals surface area contributed by atoms with Crippen LogP contribution in [0.4, 0.5) is 0 Å². The summed E-state index contributed by atoms with van der Waals surface area (Å²) >= 11 is 0. The number of rotatable bonds is 1.